The molecule has 10 nitrogen and oxygen atoms in total. The number of aromatic nitrogens is 3. The van der Waals surface area contributed by atoms with E-state index >= 15 is 0 Å². The van der Waals surface area contributed by atoms with Crippen LogP contribution in [0.4, 0.5) is 5.82 Å². The second-order valence-corrected chi connectivity index (χ2v) is 7.33. The Labute approximate surface area is 195 Å². The second kappa shape index (κ2) is 10.6. The molecular formula is C24H24N4O6. The Morgan fingerprint density at radius 1 is 1.03 bits per heavy atom. The van der Waals surface area contributed by atoms with E-state index in [9.17, 15) is 4.79 Å². The highest BCUT2D eigenvalue weighted by molar-refractivity contribution is 5.91. The molecule has 2 heterocycles. The number of rotatable bonds is 10. The zero-order valence-electron chi connectivity index (χ0n) is 19.0. The van der Waals surface area contributed by atoms with Crippen LogP contribution in [0.3, 0.4) is 0 Å². The summed E-state index contributed by atoms with van der Waals surface area (Å²) >= 11 is 0. The van der Waals surface area contributed by atoms with Crippen molar-refractivity contribution in [2.24, 2.45) is 0 Å². The van der Waals surface area contributed by atoms with Crippen molar-refractivity contribution in [3.05, 3.63) is 60.1 Å². The van der Waals surface area contributed by atoms with Gasteiger partial charge in [0, 0.05) is 19.2 Å². The number of hydrogen-bond acceptors (Lipinski definition) is 9. The third-order valence-corrected chi connectivity index (χ3v) is 4.83. The quantitative estimate of drug-likeness (QED) is 0.348. The molecule has 4 aromatic rings. The number of nitrogens with one attached hydrogen (secondary N) is 1. The highest BCUT2D eigenvalue weighted by atomic mass is 16.5. The number of anilines is 1. The van der Waals surface area contributed by atoms with E-state index in [0.717, 1.165) is 5.56 Å². The first kappa shape index (κ1) is 23.0. The monoisotopic (exact) mass is 464 g/mol. The average Bonchev–Trinajstić information content (AvgIpc) is 3.24. The van der Waals surface area contributed by atoms with Crippen LogP contribution in [0, 0.1) is 6.92 Å². The molecule has 0 unspecified atom stereocenters. The zero-order valence-corrected chi connectivity index (χ0v) is 19.0. The van der Waals surface area contributed by atoms with Gasteiger partial charge in [0.1, 0.15) is 24.4 Å². The van der Waals surface area contributed by atoms with Gasteiger partial charge in [-0.05, 0) is 30.7 Å². The molecular weight excluding hydrogens is 440 g/mol. The van der Waals surface area contributed by atoms with Gasteiger partial charge in [-0.3, -0.25) is 4.79 Å². The van der Waals surface area contributed by atoms with Crippen molar-refractivity contribution in [2.75, 3.05) is 32.8 Å². The molecule has 176 valence electrons. The molecule has 0 aliphatic carbocycles. The first-order chi connectivity index (χ1) is 16.6. The number of nitrogens with zero attached hydrogens (tertiary/aromatic N) is 3. The summed E-state index contributed by atoms with van der Waals surface area (Å²) in [5, 5.41) is 7.13. The number of amides is 1. The fourth-order valence-electron chi connectivity index (χ4n) is 3.21. The fraction of sp³-hybridized carbons (Fsp3) is 0.250. The van der Waals surface area contributed by atoms with Gasteiger partial charge in [0.25, 0.3) is 0 Å². The number of methoxy groups -OCH3 is 2. The topological polar surface area (TPSA) is 118 Å². The lowest BCUT2D eigenvalue weighted by atomic mass is 10.1. The normalized spacial score (nSPS) is 10.8. The lowest BCUT2D eigenvalue weighted by Crippen LogP contribution is -2.14. The smallest absolute Gasteiger partial charge is 0.230 e. The number of fused-ring (bicyclic) bond motifs is 1. The Morgan fingerprint density at radius 2 is 1.85 bits per heavy atom. The van der Waals surface area contributed by atoms with Crippen LogP contribution in [-0.4, -0.2) is 48.5 Å². The van der Waals surface area contributed by atoms with Crippen molar-refractivity contribution < 1.29 is 28.3 Å². The van der Waals surface area contributed by atoms with E-state index in [-0.39, 0.29) is 12.3 Å². The fourth-order valence-corrected chi connectivity index (χ4v) is 3.21. The van der Waals surface area contributed by atoms with E-state index in [1.807, 2.05) is 12.1 Å². The summed E-state index contributed by atoms with van der Waals surface area (Å²) in [6.07, 6.45) is 1.61. The lowest BCUT2D eigenvalue weighted by Gasteiger charge is -2.13. The predicted octanol–water partition coefficient (Wildman–Crippen LogP) is 3.93. The number of carbonyl (C=O) groups is 1. The van der Waals surface area contributed by atoms with Crippen LogP contribution in [-0.2, 0) is 16.0 Å². The molecule has 0 spiro atoms. The molecule has 0 radical (unpaired) electrons. The van der Waals surface area contributed by atoms with Gasteiger partial charge in [-0.15, -0.1) is 0 Å². The van der Waals surface area contributed by atoms with E-state index in [1.54, 1.807) is 51.5 Å². The Bertz CT molecular complexity index is 1270. The van der Waals surface area contributed by atoms with E-state index < -0.39 is 0 Å². The summed E-state index contributed by atoms with van der Waals surface area (Å²) in [5.74, 6) is 2.85. The Balaban J connectivity index is 1.46. The summed E-state index contributed by atoms with van der Waals surface area (Å²) in [6.45, 7) is 2.60. The number of benzene rings is 2. The van der Waals surface area contributed by atoms with Gasteiger partial charge >= 0.3 is 0 Å². The minimum absolute atomic E-state index is 0.186. The maximum absolute atomic E-state index is 12.2. The van der Waals surface area contributed by atoms with Crippen LogP contribution in [0.2, 0.25) is 0 Å². The van der Waals surface area contributed by atoms with Crippen LogP contribution in [0.1, 0.15) is 11.3 Å². The standard InChI is InChI=1S/C24H24N4O6/c1-15-10-22(28-34-15)27-23(29)11-16-4-6-17(7-5-16)33-24-18-12-20(31-3)21(32-9-8-30-2)13-19(18)25-14-26-24/h4-7,10,12-14H,8-9,11H2,1-3H3,(H,27,28,29). The molecule has 0 aliphatic rings. The van der Waals surface area contributed by atoms with E-state index in [4.69, 9.17) is 23.5 Å². The lowest BCUT2D eigenvalue weighted by molar-refractivity contribution is -0.115. The summed E-state index contributed by atoms with van der Waals surface area (Å²) in [5.41, 5.74) is 1.46. The molecule has 0 aliphatic heterocycles. The molecule has 34 heavy (non-hydrogen) atoms. The van der Waals surface area contributed by atoms with Crippen molar-refractivity contribution in [1.29, 1.82) is 0 Å². The summed E-state index contributed by atoms with van der Waals surface area (Å²) in [6, 6.07) is 12.4. The molecule has 2 aromatic carbocycles. The number of ether oxygens (including phenoxy) is 4. The highest BCUT2D eigenvalue weighted by Gasteiger charge is 2.14. The number of carbonyl (C=O) groups excluding carboxylic acids is 1. The predicted molar refractivity (Wildman–Crippen MR) is 124 cm³/mol. The van der Waals surface area contributed by atoms with Crippen molar-refractivity contribution in [3.8, 4) is 23.1 Å². The molecule has 0 saturated heterocycles. The first-order valence-electron chi connectivity index (χ1n) is 10.5. The highest BCUT2D eigenvalue weighted by Crippen LogP contribution is 2.36. The third-order valence-electron chi connectivity index (χ3n) is 4.83. The molecule has 4 rings (SSSR count). The van der Waals surface area contributed by atoms with Crippen molar-refractivity contribution in [1.82, 2.24) is 15.1 Å². The number of aryl methyl sites for hydroxylation is 1. The van der Waals surface area contributed by atoms with E-state index in [2.05, 4.69) is 20.4 Å². The molecule has 2 aromatic heterocycles. The van der Waals surface area contributed by atoms with Crippen LogP contribution in [0.15, 0.2) is 53.3 Å². The Kier molecular flexibility index (Phi) is 7.19. The van der Waals surface area contributed by atoms with Crippen LogP contribution in [0.25, 0.3) is 10.9 Å². The van der Waals surface area contributed by atoms with Gasteiger partial charge in [0.2, 0.25) is 11.8 Å². The van der Waals surface area contributed by atoms with Gasteiger partial charge in [-0.25, -0.2) is 9.97 Å². The molecule has 0 fully saturated rings. The Morgan fingerprint density at radius 3 is 2.56 bits per heavy atom. The number of hydrogen-bond donors (Lipinski definition) is 1. The maximum atomic E-state index is 12.2. The van der Waals surface area contributed by atoms with Gasteiger partial charge in [-0.2, -0.15) is 0 Å². The van der Waals surface area contributed by atoms with Crippen LogP contribution < -0.4 is 19.5 Å². The van der Waals surface area contributed by atoms with Gasteiger partial charge in [0.15, 0.2) is 17.3 Å². The molecule has 1 N–H and O–H groups in total. The summed E-state index contributed by atoms with van der Waals surface area (Å²) in [7, 11) is 3.17. The minimum Gasteiger partial charge on any atom is -0.493 e. The Hall–Kier alpha value is -4.18. The van der Waals surface area contributed by atoms with Crippen molar-refractivity contribution in [3.63, 3.8) is 0 Å². The summed E-state index contributed by atoms with van der Waals surface area (Å²) in [4.78, 5) is 20.8. The minimum atomic E-state index is -0.195. The molecule has 0 saturated carbocycles. The van der Waals surface area contributed by atoms with E-state index in [1.165, 1.54) is 6.33 Å². The first-order valence-corrected chi connectivity index (χ1v) is 10.5. The van der Waals surface area contributed by atoms with Crippen LogP contribution in [0.5, 0.6) is 23.1 Å². The molecule has 0 atom stereocenters. The van der Waals surface area contributed by atoms with Crippen molar-refractivity contribution >= 4 is 22.6 Å². The average molecular weight is 464 g/mol. The SMILES string of the molecule is COCCOc1cc2ncnc(Oc3ccc(CC(=O)Nc4cc(C)on4)cc3)c2cc1OC. The molecule has 10 heteroatoms. The molecule has 0 bridgehead atoms. The third kappa shape index (κ3) is 5.59. The summed E-state index contributed by atoms with van der Waals surface area (Å²) < 4.78 is 27.2. The van der Waals surface area contributed by atoms with Gasteiger partial charge in [-0.1, -0.05) is 17.3 Å². The van der Waals surface area contributed by atoms with Crippen LogP contribution >= 0.6 is 0 Å². The second-order valence-electron chi connectivity index (χ2n) is 7.33. The van der Waals surface area contributed by atoms with E-state index in [0.29, 0.717) is 58.8 Å². The maximum Gasteiger partial charge on any atom is 0.230 e. The zero-order chi connectivity index (χ0) is 23.9. The van der Waals surface area contributed by atoms with Gasteiger partial charge < -0.3 is 28.8 Å². The van der Waals surface area contributed by atoms with Gasteiger partial charge in [0.05, 0.1) is 31.0 Å². The van der Waals surface area contributed by atoms with Crippen molar-refractivity contribution in [2.45, 2.75) is 13.3 Å². The largest absolute Gasteiger partial charge is 0.493 e. The molecule has 1 amide bonds.